The van der Waals surface area contributed by atoms with Crippen molar-refractivity contribution in [2.75, 3.05) is 16.6 Å². The first-order chi connectivity index (χ1) is 13.4. The number of sulfonamides is 1. The van der Waals surface area contributed by atoms with Crippen LogP contribution in [0.15, 0.2) is 24.3 Å². The van der Waals surface area contributed by atoms with Crippen LogP contribution >= 0.6 is 0 Å². The molecule has 28 heavy (non-hydrogen) atoms. The lowest BCUT2D eigenvalue weighted by Crippen LogP contribution is -2.63. The SMILES string of the molecule is CCS(=O)(=O)N1C[C@@H](C(=O)NC23CC4CC(CC(C4)C2)C3)Oc2ccccc21. The van der Waals surface area contributed by atoms with Gasteiger partial charge in [0.05, 0.1) is 18.0 Å². The fraction of sp³-hybridized carbons (Fsp3) is 0.667. The van der Waals surface area contributed by atoms with Crippen molar-refractivity contribution in [3.63, 3.8) is 0 Å². The lowest BCUT2D eigenvalue weighted by molar-refractivity contribution is -0.133. The Balaban J connectivity index is 1.39. The summed E-state index contributed by atoms with van der Waals surface area (Å²) in [5.41, 5.74) is 0.406. The fourth-order valence-corrected chi connectivity index (χ4v) is 7.49. The number of amides is 1. The van der Waals surface area contributed by atoms with Crippen molar-refractivity contribution in [1.82, 2.24) is 5.32 Å². The van der Waals surface area contributed by atoms with Gasteiger partial charge in [-0.3, -0.25) is 9.10 Å². The van der Waals surface area contributed by atoms with Crippen molar-refractivity contribution >= 4 is 21.6 Å². The third kappa shape index (κ3) is 2.98. The van der Waals surface area contributed by atoms with Crippen LogP contribution in [0.3, 0.4) is 0 Å². The Morgan fingerprint density at radius 3 is 2.36 bits per heavy atom. The van der Waals surface area contributed by atoms with Gasteiger partial charge < -0.3 is 10.1 Å². The number of nitrogens with one attached hydrogen (secondary N) is 1. The molecule has 1 N–H and O–H groups in total. The molecule has 5 aliphatic rings. The monoisotopic (exact) mass is 404 g/mol. The summed E-state index contributed by atoms with van der Waals surface area (Å²) in [6.07, 6.45) is 6.30. The van der Waals surface area contributed by atoms with E-state index in [4.69, 9.17) is 4.74 Å². The Bertz CT molecular complexity index is 862. The van der Waals surface area contributed by atoms with E-state index in [9.17, 15) is 13.2 Å². The van der Waals surface area contributed by atoms with Crippen molar-refractivity contribution in [2.45, 2.75) is 57.1 Å². The first-order valence-electron chi connectivity index (χ1n) is 10.5. The molecule has 6 nitrogen and oxygen atoms in total. The third-order valence-electron chi connectivity index (χ3n) is 7.15. The zero-order valence-electron chi connectivity index (χ0n) is 16.3. The molecule has 0 spiro atoms. The molecule has 1 aromatic rings. The predicted molar refractivity (Wildman–Crippen MR) is 107 cm³/mol. The van der Waals surface area contributed by atoms with Crippen LogP contribution in [0.4, 0.5) is 5.69 Å². The molecule has 4 fully saturated rings. The van der Waals surface area contributed by atoms with E-state index < -0.39 is 16.1 Å². The second-order valence-corrected chi connectivity index (χ2v) is 11.4. The van der Waals surface area contributed by atoms with E-state index >= 15 is 0 Å². The molecule has 4 aliphatic carbocycles. The number of rotatable bonds is 4. The van der Waals surface area contributed by atoms with Crippen molar-refractivity contribution in [3.05, 3.63) is 24.3 Å². The zero-order valence-corrected chi connectivity index (χ0v) is 17.1. The maximum Gasteiger partial charge on any atom is 0.263 e. The summed E-state index contributed by atoms with van der Waals surface area (Å²) in [5.74, 6) is 2.47. The molecule has 1 atom stereocenters. The van der Waals surface area contributed by atoms with Gasteiger partial charge in [-0.2, -0.15) is 0 Å². The smallest absolute Gasteiger partial charge is 0.263 e. The van der Waals surface area contributed by atoms with Gasteiger partial charge in [0.15, 0.2) is 6.10 Å². The summed E-state index contributed by atoms with van der Waals surface area (Å²) >= 11 is 0. The molecule has 0 unspecified atom stereocenters. The van der Waals surface area contributed by atoms with Gasteiger partial charge >= 0.3 is 0 Å². The molecule has 1 heterocycles. The number of para-hydroxylation sites is 2. The van der Waals surface area contributed by atoms with E-state index in [2.05, 4.69) is 5.32 Å². The number of benzene rings is 1. The van der Waals surface area contributed by atoms with Gasteiger partial charge in [-0.1, -0.05) is 12.1 Å². The summed E-state index contributed by atoms with van der Waals surface area (Å²) in [6.45, 7) is 1.66. The van der Waals surface area contributed by atoms with Gasteiger partial charge in [0.25, 0.3) is 5.91 Å². The Morgan fingerprint density at radius 2 is 1.75 bits per heavy atom. The molecule has 1 aliphatic heterocycles. The minimum Gasteiger partial charge on any atom is -0.476 e. The van der Waals surface area contributed by atoms with Crippen molar-refractivity contribution in [3.8, 4) is 5.75 Å². The highest BCUT2D eigenvalue weighted by atomic mass is 32.2. The van der Waals surface area contributed by atoms with Crippen molar-refractivity contribution in [1.29, 1.82) is 0 Å². The number of fused-ring (bicyclic) bond motifs is 1. The quantitative estimate of drug-likeness (QED) is 0.837. The van der Waals surface area contributed by atoms with Crippen molar-refractivity contribution in [2.24, 2.45) is 17.8 Å². The van der Waals surface area contributed by atoms with E-state index in [0.29, 0.717) is 11.4 Å². The third-order valence-corrected chi connectivity index (χ3v) is 8.90. The van der Waals surface area contributed by atoms with Crippen LogP contribution in [0.5, 0.6) is 5.75 Å². The molecule has 4 saturated carbocycles. The topological polar surface area (TPSA) is 75.7 Å². The highest BCUT2D eigenvalue weighted by molar-refractivity contribution is 7.92. The number of hydrogen-bond donors (Lipinski definition) is 1. The largest absolute Gasteiger partial charge is 0.476 e. The van der Waals surface area contributed by atoms with Crippen LogP contribution in [0, 0.1) is 17.8 Å². The lowest BCUT2D eigenvalue weighted by atomic mass is 9.53. The second-order valence-electron chi connectivity index (χ2n) is 9.19. The van der Waals surface area contributed by atoms with Gasteiger partial charge in [0.2, 0.25) is 10.0 Å². The molecule has 6 rings (SSSR count). The summed E-state index contributed by atoms with van der Waals surface area (Å²) in [6, 6.07) is 7.05. The van der Waals surface area contributed by atoms with Gasteiger partial charge in [0.1, 0.15) is 5.75 Å². The minimum atomic E-state index is -3.48. The second kappa shape index (κ2) is 6.37. The molecule has 0 aromatic heterocycles. The van der Waals surface area contributed by atoms with Crippen LogP contribution in [0.25, 0.3) is 0 Å². The molecular weight excluding hydrogens is 376 g/mol. The first kappa shape index (κ1) is 18.3. The highest BCUT2D eigenvalue weighted by Gasteiger charge is 2.52. The van der Waals surface area contributed by atoms with E-state index in [1.165, 1.54) is 23.6 Å². The lowest BCUT2D eigenvalue weighted by Gasteiger charge is -2.57. The number of carbonyl (C=O) groups is 1. The zero-order chi connectivity index (χ0) is 19.5. The number of anilines is 1. The normalized spacial score (nSPS) is 36.0. The van der Waals surface area contributed by atoms with Gasteiger partial charge in [-0.25, -0.2) is 8.42 Å². The molecule has 1 amide bonds. The number of nitrogens with zero attached hydrogens (tertiary/aromatic N) is 1. The number of carbonyl (C=O) groups excluding carboxylic acids is 1. The van der Waals surface area contributed by atoms with Crippen LogP contribution in [-0.4, -0.2) is 38.3 Å². The van der Waals surface area contributed by atoms with Gasteiger partial charge in [0, 0.05) is 5.54 Å². The van der Waals surface area contributed by atoms with Crippen LogP contribution < -0.4 is 14.4 Å². The standard InChI is InChI=1S/C21H28N2O4S/c1-2-28(25,26)23-13-19(27-18-6-4-3-5-17(18)23)20(24)22-21-10-14-7-15(11-21)9-16(8-14)12-21/h3-6,14-16,19H,2,7-13H2,1H3,(H,22,24)/t14?,15?,16?,19-,21?/m0/s1. The molecule has 0 radical (unpaired) electrons. The average Bonchev–Trinajstić information content (AvgIpc) is 2.65. The molecule has 0 saturated heterocycles. The Kier molecular flexibility index (Phi) is 4.16. The summed E-state index contributed by atoms with van der Waals surface area (Å²) in [4.78, 5) is 13.2. The molecule has 7 heteroatoms. The van der Waals surface area contributed by atoms with Gasteiger partial charge in [-0.05, 0) is 75.3 Å². The maximum atomic E-state index is 13.2. The summed E-state index contributed by atoms with van der Waals surface area (Å²) in [7, 11) is -3.48. The van der Waals surface area contributed by atoms with E-state index in [0.717, 1.165) is 37.0 Å². The number of hydrogen-bond acceptors (Lipinski definition) is 4. The average molecular weight is 405 g/mol. The van der Waals surface area contributed by atoms with Crippen LogP contribution in [0.1, 0.15) is 45.4 Å². The highest BCUT2D eigenvalue weighted by Crippen LogP contribution is 2.55. The molecule has 152 valence electrons. The Hall–Kier alpha value is -1.76. The van der Waals surface area contributed by atoms with Crippen molar-refractivity contribution < 1.29 is 17.9 Å². The summed E-state index contributed by atoms with van der Waals surface area (Å²) in [5, 5.41) is 3.33. The summed E-state index contributed by atoms with van der Waals surface area (Å²) < 4.78 is 32.6. The predicted octanol–water partition coefficient (Wildman–Crippen LogP) is 2.69. The van der Waals surface area contributed by atoms with E-state index in [1.54, 1.807) is 31.2 Å². The minimum absolute atomic E-state index is 0.00927. The van der Waals surface area contributed by atoms with E-state index in [-0.39, 0.29) is 23.7 Å². The Labute approximate surface area is 166 Å². The van der Waals surface area contributed by atoms with E-state index in [1.807, 2.05) is 0 Å². The Morgan fingerprint density at radius 1 is 1.14 bits per heavy atom. The first-order valence-corrected chi connectivity index (χ1v) is 12.1. The molecule has 4 bridgehead atoms. The number of ether oxygens (including phenoxy) is 1. The van der Waals surface area contributed by atoms with Crippen LogP contribution in [-0.2, 0) is 14.8 Å². The molecular formula is C21H28N2O4S. The van der Waals surface area contributed by atoms with Gasteiger partial charge in [-0.15, -0.1) is 0 Å². The maximum absolute atomic E-state index is 13.2. The van der Waals surface area contributed by atoms with Crippen LogP contribution in [0.2, 0.25) is 0 Å². The molecule has 1 aromatic carbocycles. The fourth-order valence-electron chi connectivity index (χ4n) is 6.36.